The van der Waals surface area contributed by atoms with Crippen molar-refractivity contribution < 1.29 is 13.2 Å². The number of nitrogens with zero attached hydrogens (tertiary/aromatic N) is 1. The normalized spacial score (nSPS) is 19.7. The molecule has 1 saturated heterocycles. The van der Waals surface area contributed by atoms with Crippen molar-refractivity contribution in [3.05, 3.63) is 18.2 Å². The zero-order valence-electron chi connectivity index (χ0n) is 10.3. The maximum Gasteiger partial charge on any atom is 0.243 e. The van der Waals surface area contributed by atoms with E-state index >= 15 is 0 Å². The molecule has 1 aromatic rings. The molecule has 1 amide bonds. The summed E-state index contributed by atoms with van der Waals surface area (Å²) >= 11 is 0. The third-order valence-electron chi connectivity index (χ3n) is 3.41. The Morgan fingerprint density at radius 2 is 1.84 bits per heavy atom. The number of carbonyl (C=O) groups is 1. The standard InChI is InChI=1S/C12H15N3O3S/c16-12-8-13-10-4-3-9(7-11(10)14-12)19(17,18)15-5-1-2-6-15/h3-4,7,13H,1-2,5-6,8H2,(H,14,16). The molecule has 0 saturated carbocycles. The Balaban J connectivity index is 1.97. The lowest BCUT2D eigenvalue weighted by Gasteiger charge is -2.21. The first-order valence-corrected chi connectivity index (χ1v) is 7.69. The summed E-state index contributed by atoms with van der Waals surface area (Å²) in [5.74, 6) is -0.164. The lowest BCUT2D eigenvalue weighted by Crippen LogP contribution is -2.29. The maximum absolute atomic E-state index is 12.4. The van der Waals surface area contributed by atoms with Crippen LogP contribution in [-0.4, -0.2) is 38.3 Å². The smallest absolute Gasteiger partial charge is 0.243 e. The van der Waals surface area contributed by atoms with E-state index in [4.69, 9.17) is 0 Å². The number of benzene rings is 1. The fourth-order valence-electron chi connectivity index (χ4n) is 2.39. The Morgan fingerprint density at radius 1 is 1.11 bits per heavy atom. The van der Waals surface area contributed by atoms with E-state index in [9.17, 15) is 13.2 Å². The Hall–Kier alpha value is -1.60. The van der Waals surface area contributed by atoms with E-state index in [1.165, 1.54) is 10.4 Å². The minimum absolute atomic E-state index is 0.164. The summed E-state index contributed by atoms with van der Waals surface area (Å²) in [4.78, 5) is 11.5. The van der Waals surface area contributed by atoms with E-state index in [0.717, 1.165) is 18.5 Å². The molecule has 2 aliphatic rings. The van der Waals surface area contributed by atoms with Gasteiger partial charge in [-0.25, -0.2) is 8.42 Å². The number of anilines is 2. The monoisotopic (exact) mass is 281 g/mol. The van der Waals surface area contributed by atoms with Crippen LogP contribution in [0.1, 0.15) is 12.8 Å². The maximum atomic E-state index is 12.4. The minimum Gasteiger partial charge on any atom is -0.374 e. The Bertz CT molecular complexity index is 621. The van der Waals surface area contributed by atoms with Crippen LogP contribution in [0.25, 0.3) is 0 Å². The van der Waals surface area contributed by atoms with Gasteiger partial charge in [-0.1, -0.05) is 0 Å². The second-order valence-corrected chi connectivity index (χ2v) is 6.66. The summed E-state index contributed by atoms with van der Waals surface area (Å²) < 4.78 is 26.3. The van der Waals surface area contributed by atoms with Crippen molar-refractivity contribution in [2.75, 3.05) is 30.3 Å². The second-order valence-electron chi connectivity index (χ2n) is 4.72. The topological polar surface area (TPSA) is 78.5 Å². The van der Waals surface area contributed by atoms with Crippen molar-refractivity contribution in [1.29, 1.82) is 0 Å². The molecule has 2 aliphatic heterocycles. The van der Waals surface area contributed by atoms with Gasteiger partial charge < -0.3 is 10.6 Å². The highest BCUT2D eigenvalue weighted by Gasteiger charge is 2.28. The van der Waals surface area contributed by atoms with Crippen LogP contribution >= 0.6 is 0 Å². The summed E-state index contributed by atoms with van der Waals surface area (Å²) in [7, 11) is -3.44. The van der Waals surface area contributed by atoms with Gasteiger partial charge in [0.25, 0.3) is 0 Å². The van der Waals surface area contributed by atoms with Gasteiger partial charge in [-0.15, -0.1) is 0 Å². The Morgan fingerprint density at radius 3 is 2.58 bits per heavy atom. The summed E-state index contributed by atoms with van der Waals surface area (Å²) in [6.45, 7) is 1.36. The average Bonchev–Trinajstić information content (AvgIpc) is 2.92. The van der Waals surface area contributed by atoms with Gasteiger partial charge >= 0.3 is 0 Å². The lowest BCUT2D eigenvalue weighted by atomic mass is 10.2. The first-order chi connectivity index (χ1) is 9.07. The number of nitrogens with one attached hydrogen (secondary N) is 2. The second kappa shape index (κ2) is 4.50. The third-order valence-corrected chi connectivity index (χ3v) is 5.30. The molecule has 0 bridgehead atoms. The fraction of sp³-hybridized carbons (Fsp3) is 0.417. The number of fused-ring (bicyclic) bond motifs is 1. The van der Waals surface area contributed by atoms with Crippen molar-refractivity contribution >= 4 is 27.3 Å². The number of rotatable bonds is 2. The van der Waals surface area contributed by atoms with Crippen LogP contribution in [0.2, 0.25) is 0 Å². The molecule has 0 aliphatic carbocycles. The molecule has 2 heterocycles. The molecule has 0 spiro atoms. The van der Waals surface area contributed by atoms with Crippen molar-refractivity contribution in [3.8, 4) is 0 Å². The Labute approximate surface area is 111 Å². The first kappa shape index (κ1) is 12.4. The number of sulfonamides is 1. The third kappa shape index (κ3) is 2.19. The van der Waals surface area contributed by atoms with Crippen molar-refractivity contribution in [2.45, 2.75) is 17.7 Å². The highest BCUT2D eigenvalue weighted by atomic mass is 32.2. The molecule has 0 unspecified atom stereocenters. The zero-order valence-corrected chi connectivity index (χ0v) is 11.2. The number of hydrogen-bond donors (Lipinski definition) is 2. The quantitative estimate of drug-likeness (QED) is 0.842. The molecule has 0 aromatic heterocycles. The van der Waals surface area contributed by atoms with Crippen LogP contribution in [0.15, 0.2) is 23.1 Å². The van der Waals surface area contributed by atoms with E-state index in [0.29, 0.717) is 18.8 Å². The van der Waals surface area contributed by atoms with Crippen molar-refractivity contribution in [1.82, 2.24) is 4.31 Å². The molecule has 2 N–H and O–H groups in total. The van der Waals surface area contributed by atoms with Gasteiger partial charge in [0.2, 0.25) is 15.9 Å². The average molecular weight is 281 g/mol. The molecule has 1 fully saturated rings. The molecule has 0 atom stereocenters. The molecular formula is C12H15N3O3S. The summed E-state index contributed by atoms with van der Waals surface area (Å²) in [5.41, 5.74) is 1.27. The van der Waals surface area contributed by atoms with Gasteiger partial charge in [0.05, 0.1) is 22.8 Å². The van der Waals surface area contributed by atoms with Gasteiger partial charge in [0, 0.05) is 13.1 Å². The molecular weight excluding hydrogens is 266 g/mol. The van der Waals surface area contributed by atoms with Crippen molar-refractivity contribution in [3.63, 3.8) is 0 Å². The van der Waals surface area contributed by atoms with Crippen LogP contribution in [0.3, 0.4) is 0 Å². The van der Waals surface area contributed by atoms with Crippen LogP contribution in [0.4, 0.5) is 11.4 Å². The molecule has 19 heavy (non-hydrogen) atoms. The SMILES string of the molecule is O=C1CNc2ccc(S(=O)(=O)N3CCCC3)cc2N1. The zero-order chi connectivity index (χ0) is 13.5. The van der Waals surface area contributed by atoms with E-state index < -0.39 is 10.0 Å². The van der Waals surface area contributed by atoms with E-state index in [2.05, 4.69) is 10.6 Å². The van der Waals surface area contributed by atoms with E-state index in [1.54, 1.807) is 12.1 Å². The van der Waals surface area contributed by atoms with Gasteiger partial charge in [-0.3, -0.25) is 4.79 Å². The summed E-state index contributed by atoms with van der Waals surface area (Å²) in [6, 6.07) is 4.79. The molecule has 7 heteroatoms. The van der Waals surface area contributed by atoms with Crippen LogP contribution in [0.5, 0.6) is 0 Å². The number of amides is 1. The van der Waals surface area contributed by atoms with Crippen molar-refractivity contribution in [2.24, 2.45) is 0 Å². The minimum atomic E-state index is -3.44. The number of carbonyl (C=O) groups excluding carboxylic acids is 1. The van der Waals surface area contributed by atoms with Crippen LogP contribution in [-0.2, 0) is 14.8 Å². The molecule has 0 radical (unpaired) electrons. The first-order valence-electron chi connectivity index (χ1n) is 6.25. The molecule has 1 aromatic carbocycles. The molecule has 3 rings (SSSR count). The van der Waals surface area contributed by atoms with E-state index in [-0.39, 0.29) is 17.3 Å². The molecule has 102 valence electrons. The molecule has 6 nitrogen and oxygen atoms in total. The van der Waals surface area contributed by atoms with Crippen LogP contribution < -0.4 is 10.6 Å². The fourth-order valence-corrected chi connectivity index (χ4v) is 3.93. The van der Waals surface area contributed by atoms with Crippen LogP contribution in [0, 0.1) is 0 Å². The summed E-state index contributed by atoms with van der Waals surface area (Å²) in [6.07, 6.45) is 1.81. The predicted molar refractivity (Wildman–Crippen MR) is 71.6 cm³/mol. The lowest BCUT2D eigenvalue weighted by molar-refractivity contribution is -0.114. The predicted octanol–water partition coefficient (Wildman–Crippen LogP) is 0.835. The highest BCUT2D eigenvalue weighted by molar-refractivity contribution is 7.89. The van der Waals surface area contributed by atoms with Gasteiger partial charge in [0.15, 0.2) is 0 Å². The largest absolute Gasteiger partial charge is 0.374 e. The number of hydrogen-bond acceptors (Lipinski definition) is 4. The van der Waals surface area contributed by atoms with Gasteiger partial charge in [0.1, 0.15) is 0 Å². The van der Waals surface area contributed by atoms with Gasteiger partial charge in [-0.2, -0.15) is 4.31 Å². The highest BCUT2D eigenvalue weighted by Crippen LogP contribution is 2.29. The summed E-state index contributed by atoms with van der Waals surface area (Å²) in [5, 5.41) is 5.62. The Kier molecular flexibility index (Phi) is 2.94. The van der Waals surface area contributed by atoms with Gasteiger partial charge in [-0.05, 0) is 31.0 Å². The van der Waals surface area contributed by atoms with E-state index in [1.807, 2.05) is 0 Å².